The molecular formula is C12H17N3O3. The molecule has 0 saturated carbocycles. The van der Waals surface area contributed by atoms with E-state index < -0.39 is 10.5 Å². The van der Waals surface area contributed by atoms with Gasteiger partial charge in [0, 0.05) is 24.8 Å². The summed E-state index contributed by atoms with van der Waals surface area (Å²) < 4.78 is 0. The van der Waals surface area contributed by atoms with E-state index in [0.717, 1.165) is 25.1 Å². The van der Waals surface area contributed by atoms with Gasteiger partial charge in [-0.3, -0.25) is 10.1 Å². The van der Waals surface area contributed by atoms with Crippen LogP contribution in [0.4, 0.5) is 17.1 Å². The molecule has 0 radical (unpaired) electrons. The van der Waals surface area contributed by atoms with Crippen molar-refractivity contribution in [1.29, 1.82) is 0 Å². The number of hydrogen-bond donors (Lipinski definition) is 2. The average Bonchev–Trinajstić information content (AvgIpc) is 2.27. The Morgan fingerprint density at radius 2 is 2.28 bits per heavy atom. The van der Waals surface area contributed by atoms with Gasteiger partial charge in [0.2, 0.25) is 0 Å². The molecule has 1 atom stereocenters. The summed E-state index contributed by atoms with van der Waals surface area (Å²) in [7, 11) is 0. The molecule has 1 aliphatic rings. The lowest BCUT2D eigenvalue weighted by molar-refractivity contribution is -0.383. The monoisotopic (exact) mass is 251 g/mol. The molecule has 1 aromatic rings. The summed E-state index contributed by atoms with van der Waals surface area (Å²) in [4.78, 5) is 12.2. The van der Waals surface area contributed by atoms with Gasteiger partial charge in [-0.1, -0.05) is 0 Å². The van der Waals surface area contributed by atoms with E-state index in [9.17, 15) is 15.2 Å². The fourth-order valence-corrected chi connectivity index (χ4v) is 2.35. The Morgan fingerprint density at radius 1 is 1.56 bits per heavy atom. The third-order valence-electron chi connectivity index (χ3n) is 3.25. The molecule has 98 valence electrons. The molecule has 0 spiro atoms. The van der Waals surface area contributed by atoms with Gasteiger partial charge in [0.1, 0.15) is 5.69 Å². The highest BCUT2D eigenvalue weighted by atomic mass is 16.6. The number of nitrogens with two attached hydrogens (primary N) is 1. The van der Waals surface area contributed by atoms with Gasteiger partial charge in [0.05, 0.1) is 10.5 Å². The summed E-state index contributed by atoms with van der Waals surface area (Å²) in [6.45, 7) is 3.14. The van der Waals surface area contributed by atoms with Crippen molar-refractivity contribution in [3.05, 3.63) is 28.3 Å². The summed E-state index contributed by atoms with van der Waals surface area (Å²) in [6.07, 6.45) is 1.66. The van der Waals surface area contributed by atoms with Crippen LogP contribution in [0.5, 0.6) is 0 Å². The van der Waals surface area contributed by atoms with Crippen LogP contribution < -0.4 is 10.6 Å². The molecule has 1 saturated heterocycles. The van der Waals surface area contributed by atoms with Crippen LogP contribution in [-0.2, 0) is 0 Å². The maximum Gasteiger partial charge on any atom is 0.292 e. The Bertz CT molecular complexity index is 474. The van der Waals surface area contributed by atoms with Gasteiger partial charge in [-0.15, -0.1) is 0 Å². The van der Waals surface area contributed by atoms with Crippen LogP contribution in [0.25, 0.3) is 0 Å². The van der Waals surface area contributed by atoms with Crippen LogP contribution in [0.1, 0.15) is 19.8 Å². The van der Waals surface area contributed by atoms with Crippen molar-refractivity contribution in [2.24, 2.45) is 0 Å². The first kappa shape index (κ1) is 12.6. The molecule has 1 aliphatic heterocycles. The maximum absolute atomic E-state index is 10.7. The highest BCUT2D eigenvalue weighted by Gasteiger charge is 2.28. The van der Waals surface area contributed by atoms with E-state index in [-0.39, 0.29) is 11.4 Å². The molecule has 3 N–H and O–H groups in total. The Hall–Kier alpha value is -1.82. The van der Waals surface area contributed by atoms with Crippen LogP contribution in [0, 0.1) is 10.1 Å². The molecule has 0 aromatic heterocycles. The topological polar surface area (TPSA) is 92.6 Å². The Morgan fingerprint density at radius 3 is 2.83 bits per heavy atom. The van der Waals surface area contributed by atoms with Crippen molar-refractivity contribution in [2.45, 2.75) is 25.4 Å². The number of nitro groups is 1. The van der Waals surface area contributed by atoms with Crippen molar-refractivity contribution in [1.82, 2.24) is 0 Å². The number of nitrogen functional groups attached to an aromatic ring is 1. The van der Waals surface area contributed by atoms with Crippen molar-refractivity contribution in [2.75, 3.05) is 23.7 Å². The van der Waals surface area contributed by atoms with Gasteiger partial charge in [-0.05, 0) is 31.9 Å². The predicted octanol–water partition coefficient (Wildman–Crippen LogP) is 1.53. The van der Waals surface area contributed by atoms with E-state index >= 15 is 0 Å². The van der Waals surface area contributed by atoms with Gasteiger partial charge in [-0.25, -0.2) is 0 Å². The third kappa shape index (κ3) is 2.53. The second-order valence-corrected chi connectivity index (χ2v) is 5.02. The number of nitro benzene ring substituents is 1. The molecule has 6 nitrogen and oxygen atoms in total. The molecule has 18 heavy (non-hydrogen) atoms. The third-order valence-corrected chi connectivity index (χ3v) is 3.25. The molecule has 1 unspecified atom stereocenters. The highest BCUT2D eigenvalue weighted by molar-refractivity contribution is 5.66. The number of hydrogen-bond acceptors (Lipinski definition) is 5. The predicted molar refractivity (Wildman–Crippen MR) is 69.6 cm³/mol. The highest BCUT2D eigenvalue weighted by Crippen LogP contribution is 2.30. The fraction of sp³-hybridized carbons (Fsp3) is 0.500. The Labute approximate surface area is 105 Å². The quantitative estimate of drug-likeness (QED) is 0.472. The Balaban J connectivity index is 2.24. The summed E-state index contributed by atoms with van der Waals surface area (Å²) in [5, 5.41) is 20.7. The van der Waals surface area contributed by atoms with Crippen LogP contribution in [0.15, 0.2) is 18.2 Å². The van der Waals surface area contributed by atoms with E-state index in [1.165, 1.54) is 6.07 Å². The number of benzene rings is 1. The van der Waals surface area contributed by atoms with Crippen molar-refractivity contribution >= 4 is 17.1 Å². The first-order valence-electron chi connectivity index (χ1n) is 5.90. The molecule has 0 amide bonds. The zero-order valence-electron chi connectivity index (χ0n) is 10.3. The summed E-state index contributed by atoms with van der Waals surface area (Å²) >= 11 is 0. The van der Waals surface area contributed by atoms with Gasteiger partial charge in [0.25, 0.3) is 5.69 Å². The first-order valence-corrected chi connectivity index (χ1v) is 5.90. The zero-order chi connectivity index (χ0) is 13.3. The average molecular weight is 251 g/mol. The molecule has 1 fully saturated rings. The smallest absolute Gasteiger partial charge is 0.292 e. The largest absolute Gasteiger partial charge is 0.393 e. The minimum atomic E-state index is -0.714. The number of β-amino-alcohol motifs (C(OH)–C–C–N with tert-alkyl or cyclic N) is 1. The van der Waals surface area contributed by atoms with Crippen molar-refractivity contribution in [3.63, 3.8) is 0 Å². The Kier molecular flexibility index (Phi) is 3.13. The van der Waals surface area contributed by atoms with Gasteiger partial charge in [0.15, 0.2) is 0 Å². The van der Waals surface area contributed by atoms with Crippen LogP contribution in [0.2, 0.25) is 0 Å². The molecule has 0 bridgehead atoms. The number of nitrogens with zero attached hydrogens (tertiary/aromatic N) is 2. The van der Waals surface area contributed by atoms with E-state index in [2.05, 4.69) is 0 Å². The fourth-order valence-electron chi connectivity index (χ4n) is 2.35. The molecule has 6 heteroatoms. The normalized spacial score (nSPS) is 24.0. The molecule has 1 heterocycles. The maximum atomic E-state index is 10.7. The van der Waals surface area contributed by atoms with Gasteiger partial charge < -0.3 is 15.7 Å². The number of anilines is 2. The minimum absolute atomic E-state index is 0.0810. The lowest BCUT2D eigenvalue weighted by atomic mass is 9.95. The molecule has 1 aromatic carbocycles. The van der Waals surface area contributed by atoms with Crippen molar-refractivity contribution < 1.29 is 10.0 Å². The number of aliphatic hydroxyl groups is 1. The number of piperidine rings is 1. The van der Waals surface area contributed by atoms with E-state index in [0.29, 0.717) is 6.54 Å². The first-order chi connectivity index (χ1) is 8.39. The SMILES string of the molecule is CC1(O)CCCN(c2ccc([N+](=O)[O-])c(N)c2)C1. The summed E-state index contributed by atoms with van der Waals surface area (Å²) in [5.74, 6) is 0. The lowest BCUT2D eigenvalue weighted by Gasteiger charge is -2.38. The second-order valence-electron chi connectivity index (χ2n) is 5.02. The standard InChI is InChI=1S/C12H17N3O3/c1-12(16)5-2-6-14(8-12)9-3-4-11(15(17)18)10(13)7-9/h3-4,7,16H,2,5-6,8,13H2,1H3. The van der Waals surface area contributed by atoms with Crippen LogP contribution >= 0.6 is 0 Å². The lowest BCUT2D eigenvalue weighted by Crippen LogP contribution is -2.46. The van der Waals surface area contributed by atoms with Crippen LogP contribution in [-0.4, -0.2) is 28.7 Å². The summed E-state index contributed by atoms with van der Waals surface area (Å²) in [6, 6.07) is 4.68. The molecule has 0 aliphatic carbocycles. The number of rotatable bonds is 2. The summed E-state index contributed by atoms with van der Waals surface area (Å²) in [5.41, 5.74) is 5.84. The van der Waals surface area contributed by atoms with Crippen molar-refractivity contribution in [3.8, 4) is 0 Å². The van der Waals surface area contributed by atoms with Crippen LogP contribution in [0.3, 0.4) is 0 Å². The van der Waals surface area contributed by atoms with Gasteiger partial charge >= 0.3 is 0 Å². The van der Waals surface area contributed by atoms with E-state index in [4.69, 9.17) is 5.73 Å². The molecular weight excluding hydrogens is 234 g/mol. The second kappa shape index (κ2) is 4.45. The zero-order valence-corrected chi connectivity index (χ0v) is 10.3. The van der Waals surface area contributed by atoms with E-state index in [1.54, 1.807) is 19.1 Å². The molecule has 2 rings (SSSR count). The van der Waals surface area contributed by atoms with E-state index in [1.807, 2.05) is 4.90 Å². The minimum Gasteiger partial charge on any atom is -0.393 e. The van der Waals surface area contributed by atoms with Gasteiger partial charge in [-0.2, -0.15) is 0 Å².